The van der Waals surface area contributed by atoms with Gasteiger partial charge in [-0.2, -0.15) is 5.26 Å². The number of benzene rings is 2. The Balaban J connectivity index is 2.08. The summed E-state index contributed by atoms with van der Waals surface area (Å²) in [4.78, 5) is 39.1. The summed E-state index contributed by atoms with van der Waals surface area (Å²) in [7, 11) is 4.14. The fourth-order valence-electron chi connectivity index (χ4n) is 4.14. The fourth-order valence-corrected chi connectivity index (χ4v) is 5.27. The van der Waals surface area contributed by atoms with Gasteiger partial charge in [0.2, 0.25) is 0 Å². The lowest BCUT2D eigenvalue weighted by Gasteiger charge is -2.26. The summed E-state index contributed by atoms with van der Waals surface area (Å²) in [5, 5.41) is 13.0. The van der Waals surface area contributed by atoms with E-state index in [0.717, 1.165) is 27.5 Å². The van der Waals surface area contributed by atoms with Crippen molar-refractivity contribution in [1.82, 2.24) is 4.57 Å². The number of allylic oxidation sites excluding steroid dienone is 1. The lowest BCUT2D eigenvalue weighted by atomic mass is 9.82. The lowest BCUT2D eigenvalue weighted by Crippen LogP contribution is -2.41. The number of carbonyl (C=O) groups is 2. The summed E-state index contributed by atoms with van der Waals surface area (Å²) in [6, 6.07) is 14.2. The van der Waals surface area contributed by atoms with Gasteiger partial charge in [-0.15, -0.1) is 11.3 Å². The lowest BCUT2D eigenvalue weighted by molar-refractivity contribution is -0.133. The zero-order valence-electron chi connectivity index (χ0n) is 21.0. The molecule has 38 heavy (non-hydrogen) atoms. The topological polar surface area (TPSA) is 146 Å². The molecular formula is C27H24N4O6S. The van der Waals surface area contributed by atoms with Crippen molar-refractivity contribution < 1.29 is 23.8 Å². The summed E-state index contributed by atoms with van der Waals surface area (Å²) in [6.07, 6.45) is 1.02. The molecule has 1 amide bonds. The number of nitrogens with one attached hydrogen (secondary N) is 1. The molecule has 0 saturated heterocycles. The van der Waals surface area contributed by atoms with Crippen molar-refractivity contribution in [3.8, 4) is 17.6 Å². The molecule has 10 nitrogen and oxygen atoms in total. The van der Waals surface area contributed by atoms with Gasteiger partial charge in [-0.05, 0) is 25.1 Å². The summed E-state index contributed by atoms with van der Waals surface area (Å²) >= 11 is 0.898. The second-order valence-electron chi connectivity index (χ2n) is 8.26. The fraction of sp³-hybridized carbons (Fsp3) is 0.185. The molecule has 0 radical (unpaired) electrons. The number of nitrogens with zero attached hydrogens (tertiary/aromatic N) is 2. The van der Waals surface area contributed by atoms with Crippen LogP contribution in [-0.4, -0.2) is 37.8 Å². The Labute approximate surface area is 221 Å². The average molecular weight is 533 g/mol. The van der Waals surface area contributed by atoms with Crippen molar-refractivity contribution in [1.29, 1.82) is 5.26 Å². The van der Waals surface area contributed by atoms with Crippen LogP contribution in [0.4, 0.5) is 5.69 Å². The van der Waals surface area contributed by atoms with E-state index >= 15 is 0 Å². The molecule has 4 rings (SSSR count). The number of hydrogen-bond acceptors (Lipinski definition) is 9. The number of fused-ring (bicyclic) bond motifs is 1. The molecule has 2 heterocycles. The van der Waals surface area contributed by atoms with E-state index in [1.807, 2.05) is 19.1 Å². The number of hydrogen-bond donors (Lipinski definition) is 2. The molecule has 0 spiro atoms. The van der Waals surface area contributed by atoms with Crippen LogP contribution in [-0.2, 0) is 14.3 Å². The van der Waals surface area contributed by atoms with Gasteiger partial charge >= 0.3 is 5.97 Å². The highest BCUT2D eigenvalue weighted by molar-refractivity contribution is 7.07. The Morgan fingerprint density at radius 2 is 1.84 bits per heavy atom. The monoisotopic (exact) mass is 532 g/mol. The van der Waals surface area contributed by atoms with E-state index in [9.17, 15) is 19.6 Å². The standard InChI is InChI=1S/C27H24N4O6S/c1-14-5-7-15(8-6-14)30-25(33)23-22(17-10-9-16(35-2)11-19(17)36-3)18(13-28)24(29)31-26(34)20(38-27(23)31)12-21(32)37-4/h5-12,22H,29H2,1-4H3,(H,30,33). The highest BCUT2D eigenvalue weighted by Crippen LogP contribution is 2.42. The first-order valence-corrected chi connectivity index (χ1v) is 12.1. The Hall–Kier alpha value is -4.82. The van der Waals surface area contributed by atoms with Crippen molar-refractivity contribution >= 4 is 46.4 Å². The average Bonchev–Trinajstić information content (AvgIpc) is 3.24. The largest absolute Gasteiger partial charge is 0.497 e. The molecular weight excluding hydrogens is 508 g/mol. The Morgan fingerprint density at radius 1 is 1.13 bits per heavy atom. The number of aryl methyl sites for hydroxylation is 1. The van der Waals surface area contributed by atoms with Crippen LogP contribution in [0.2, 0.25) is 0 Å². The Bertz CT molecular complexity index is 1690. The summed E-state index contributed by atoms with van der Waals surface area (Å²) in [5.74, 6) is -1.59. The number of thiazole rings is 1. The van der Waals surface area contributed by atoms with Gasteiger partial charge < -0.3 is 25.3 Å². The van der Waals surface area contributed by atoms with Gasteiger partial charge in [0, 0.05) is 23.4 Å². The third kappa shape index (κ3) is 4.65. The van der Waals surface area contributed by atoms with E-state index in [1.165, 1.54) is 21.3 Å². The molecule has 0 bridgehead atoms. The van der Waals surface area contributed by atoms with Crippen LogP contribution >= 0.6 is 11.3 Å². The molecule has 1 atom stereocenters. The number of nitriles is 1. The van der Waals surface area contributed by atoms with E-state index in [-0.39, 0.29) is 26.2 Å². The highest BCUT2D eigenvalue weighted by Gasteiger charge is 2.37. The van der Waals surface area contributed by atoms with Crippen molar-refractivity contribution in [2.24, 2.45) is 5.73 Å². The minimum Gasteiger partial charge on any atom is -0.497 e. The molecule has 11 heteroatoms. The summed E-state index contributed by atoms with van der Waals surface area (Å²) in [6.45, 7) is 1.92. The van der Waals surface area contributed by atoms with Gasteiger partial charge in [0.05, 0.1) is 44.5 Å². The van der Waals surface area contributed by atoms with Crippen molar-refractivity contribution in [3.63, 3.8) is 0 Å². The van der Waals surface area contributed by atoms with E-state index in [1.54, 1.807) is 30.3 Å². The normalized spacial score (nSPS) is 15.0. The smallest absolute Gasteiger partial charge is 0.332 e. The molecule has 3 N–H and O–H groups in total. The van der Waals surface area contributed by atoms with Gasteiger partial charge in [0.25, 0.3) is 11.5 Å². The number of amides is 1. The van der Waals surface area contributed by atoms with Crippen molar-refractivity contribution in [3.05, 3.63) is 78.7 Å². The van der Waals surface area contributed by atoms with E-state index < -0.39 is 23.4 Å². The van der Waals surface area contributed by atoms with Crippen LogP contribution in [0.1, 0.15) is 17.0 Å². The van der Waals surface area contributed by atoms with Crippen LogP contribution in [0, 0.1) is 18.3 Å². The number of rotatable bonds is 6. The van der Waals surface area contributed by atoms with Gasteiger partial charge in [-0.1, -0.05) is 23.8 Å². The first-order valence-electron chi connectivity index (χ1n) is 11.3. The van der Waals surface area contributed by atoms with E-state index in [4.69, 9.17) is 15.2 Å². The first-order chi connectivity index (χ1) is 18.2. The van der Waals surface area contributed by atoms with Crippen LogP contribution in [0.5, 0.6) is 11.5 Å². The van der Waals surface area contributed by atoms with Gasteiger partial charge in [0.1, 0.15) is 26.5 Å². The molecule has 1 aliphatic rings. The van der Waals surface area contributed by atoms with Crippen LogP contribution in [0.3, 0.4) is 0 Å². The van der Waals surface area contributed by atoms with Crippen molar-refractivity contribution in [2.75, 3.05) is 26.6 Å². The Kier molecular flexibility index (Phi) is 7.36. The molecule has 0 fully saturated rings. The van der Waals surface area contributed by atoms with Gasteiger partial charge in [-0.3, -0.25) is 14.2 Å². The van der Waals surface area contributed by atoms with Crippen LogP contribution < -0.4 is 35.3 Å². The zero-order valence-corrected chi connectivity index (χ0v) is 21.8. The summed E-state index contributed by atoms with van der Waals surface area (Å²) < 4.78 is 16.8. The van der Waals surface area contributed by atoms with Crippen LogP contribution in [0.15, 0.2) is 52.8 Å². The number of carbonyl (C=O) groups excluding carboxylic acids is 2. The third-order valence-corrected chi connectivity index (χ3v) is 7.13. The number of anilines is 1. The number of esters is 1. The molecule has 1 aliphatic heterocycles. The number of nitrogens with two attached hydrogens (primary N) is 1. The second kappa shape index (κ2) is 10.7. The highest BCUT2D eigenvalue weighted by atomic mass is 32.1. The minimum atomic E-state index is -0.990. The van der Waals surface area contributed by atoms with E-state index in [2.05, 4.69) is 16.1 Å². The molecule has 194 valence electrons. The van der Waals surface area contributed by atoms with Gasteiger partial charge in [0.15, 0.2) is 0 Å². The van der Waals surface area contributed by atoms with Crippen LogP contribution in [0.25, 0.3) is 17.5 Å². The second-order valence-corrected chi connectivity index (χ2v) is 9.30. The molecule has 2 aromatic carbocycles. The maximum atomic E-state index is 13.9. The molecule has 1 aromatic heterocycles. The number of methoxy groups -OCH3 is 3. The van der Waals surface area contributed by atoms with Crippen molar-refractivity contribution in [2.45, 2.75) is 12.8 Å². The summed E-state index contributed by atoms with van der Waals surface area (Å²) in [5.41, 5.74) is 7.77. The maximum absolute atomic E-state index is 13.9. The molecule has 3 aromatic rings. The molecule has 0 aliphatic carbocycles. The Morgan fingerprint density at radius 3 is 2.45 bits per heavy atom. The predicted molar refractivity (Wildman–Crippen MR) is 143 cm³/mol. The zero-order chi connectivity index (χ0) is 27.6. The van der Waals surface area contributed by atoms with E-state index in [0.29, 0.717) is 22.7 Å². The van der Waals surface area contributed by atoms with Gasteiger partial charge in [-0.25, -0.2) is 4.79 Å². The quantitative estimate of drug-likeness (QED) is 0.454. The minimum absolute atomic E-state index is 0.00456. The number of aromatic nitrogens is 1. The first kappa shape index (κ1) is 26.2. The predicted octanol–water partition coefficient (Wildman–Crippen LogP) is 1.43. The SMILES string of the molecule is COC(=O)C=c1sc2n(c1=O)C(N)=C(C#N)C(c1ccc(OC)cc1OC)C=2C(=O)Nc1ccc(C)cc1. The number of ether oxygens (including phenoxy) is 3. The molecule has 0 saturated carbocycles. The molecule has 1 unspecified atom stereocenters. The maximum Gasteiger partial charge on any atom is 0.332 e. The third-order valence-electron chi connectivity index (χ3n) is 6.02.